The maximum Gasteiger partial charge on any atom is 0.212 e. The van der Waals surface area contributed by atoms with Crippen LogP contribution in [-0.4, -0.2) is 46.3 Å². The second-order valence-corrected chi connectivity index (χ2v) is 5.65. The zero-order chi connectivity index (χ0) is 10.2. The molecule has 0 aromatic heterocycles. The van der Waals surface area contributed by atoms with E-state index in [1.54, 1.807) is 11.8 Å². The van der Waals surface area contributed by atoms with Gasteiger partial charge in [0.2, 0.25) is 10.0 Å². The van der Waals surface area contributed by atoms with Crippen LogP contribution < -0.4 is 10.0 Å². The molecule has 13 heavy (non-hydrogen) atoms. The molecule has 0 saturated carbocycles. The van der Waals surface area contributed by atoms with E-state index in [1.807, 2.05) is 0 Å². The molecule has 0 saturated heterocycles. The van der Waals surface area contributed by atoms with Crippen molar-refractivity contribution in [1.82, 2.24) is 10.0 Å². The lowest BCUT2D eigenvalue weighted by Gasteiger charge is -2.04. The Balaban J connectivity index is 3.26. The summed E-state index contributed by atoms with van der Waals surface area (Å²) in [6.07, 6.45) is 3.15. The third kappa shape index (κ3) is 8.55. The third-order valence-electron chi connectivity index (χ3n) is 1.56. The van der Waals surface area contributed by atoms with Crippen LogP contribution in [0.4, 0.5) is 0 Å². The van der Waals surface area contributed by atoms with Gasteiger partial charge in [0, 0.05) is 6.54 Å². The molecule has 0 radical (unpaired) electrons. The lowest BCUT2D eigenvalue weighted by atomic mass is 10.5. The maximum absolute atomic E-state index is 10.9. The van der Waals surface area contributed by atoms with Crippen molar-refractivity contribution in [2.75, 3.05) is 37.9 Å². The van der Waals surface area contributed by atoms with E-state index < -0.39 is 10.0 Å². The summed E-state index contributed by atoms with van der Waals surface area (Å²) in [7, 11) is -1.60. The van der Waals surface area contributed by atoms with Gasteiger partial charge in [0.1, 0.15) is 0 Å². The van der Waals surface area contributed by atoms with Crippen LogP contribution in [0, 0.1) is 0 Å². The van der Waals surface area contributed by atoms with Gasteiger partial charge in [-0.15, -0.1) is 0 Å². The highest BCUT2D eigenvalue weighted by Gasteiger charge is 2.04. The molecule has 0 fully saturated rings. The topological polar surface area (TPSA) is 58.2 Å². The molecular weight excluding hydrogens is 208 g/mol. The highest BCUT2D eigenvalue weighted by atomic mass is 32.2. The van der Waals surface area contributed by atoms with Crippen LogP contribution in [0.1, 0.15) is 6.42 Å². The summed E-state index contributed by atoms with van der Waals surface area (Å²) in [5.74, 6) is 1.27. The summed E-state index contributed by atoms with van der Waals surface area (Å²) < 4.78 is 24.1. The minimum Gasteiger partial charge on any atom is -0.316 e. The fraction of sp³-hybridized carbons (Fsp3) is 1.00. The smallest absolute Gasteiger partial charge is 0.212 e. The van der Waals surface area contributed by atoms with Crippen molar-refractivity contribution in [2.24, 2.45) is 0 Å². The molecule has 0 aliphatic heterocycles. The summed E-state index contributed by atoms with van der Waals surface area (Å²) in [6, 6.07) is 0. The number of thioether (sulfide) groups is 1. The first-order valence-corrected chi connectivity index (χ1v) is 7.28. The van der Waals surface area contributed by atoms with Gasteiger partial charge in [-0.25, -0.2) is 13.1 Å². The van der Waals surface area contributed by atoms with Crippen molar-refractivity contribution in [1.29, 1.82) is 0 Å². The molecule has 0 atom stereocenters. The number of nitrogens with one attached hydrogen (secondary N) is 2. The van der Waals surface area contributed by atoms with E-state index >= 15 is 0 Å². The molecule has 4 nitrogen and oxygen atoms in total. The molecule has 0 heterocycles. The number of hydrogen-bond donors (Lipinski definition) is 2. The van der Waals surface area contributed by atoms with Gasteiger partial charge in [-0.3, -0.25) is 0 Å². The second kappa shape index (κ2) is 7.61. The van der Waals surface area contributed by atoms with Gasteiger partial charge >= 0.3 is 0 Å². The van der Waals surface area contributed by atoms with Crippen molar-refractivity contribution in [2.45, 2.75) is 6.42 Å². The Morgan fingerprint density at radius 1 is 1.31 bits per heavy atom. The average Bonchev–Trinajstić information content (AvgIpc) is 2.11. The van der Waals surface area contributed by atoms with Crippen LogP contribution in [-0.2, 0) is 10.0 Å². The molecule has 0 aromatic rings. The lowest BCUT2D eigenvalue weighted by Crippen LogP contribution is -2.30. The molecule has 0 aliphatic carbocycles. The number of sulfonamides is 1. The summed E-state index contributed by atoms with van der Waals surface area (Å²) in [5.41, 5.74) is 0. The normalized spacial score (nSPS) is 11.8. The van der Waals surface area contributed by atoms with E-state index in [1.165, 1.54) is 7.05 Å². The van der Waals surface area contributed by atoms with E-state index in [0.717, 1.165) is 18.7 Å². The molecule has 0 spiro atoms. The Labute approximate surface area is 84.9 Å². The van der Waals surface area contributed by atoms with Crippen LogP contribution in [0.15, 0.2) is 0 Å². The van der Waals surface area contributed by atoms with Crippen LogP contribution in [0.3, 0.4) is 0 Å². The van der Waals surface area contributed by atoms with Crippen LogP contribution >= 0.6 is 11.8 Å². The first-order valence-electron chi connectivity index (χ1n) is 4.23. The predicted octanol–water partition coefficient (Wildman–Crippen LogP) is -0.122. The zero-order valence-electron chi connectivity index (χ0n) is 8.17. The SMILES string of the molecule is CNS(=O)(=O)CCNCCCSC. The summed E-state index contributed by atoms with van der Waals surface area (Å²) >= 11 is 1.80. The Kier molecular flexibility index (Phi) is 7.74. The summed E-state index contributed by atoms with van der Waals surface area (Å²) in [4.78, 5) is 0. The van der Waals surface area contributed by atoms with Gasteiger partial charge in [0.15, 0.2) is 0 Å². The van der Waals surface area contributed by atoms with Crippen LogP contribution in [0.2, 0.25) is 0 Å². The van der Waals surface area contributed by atoms with Gasteiger partial charge in [0.25, 0.3) is 0 Å². The van der Waals surface area contributed by atoms with Crippen LogP contribution in [0.25, 0.3) is 0 Å². The summed E-state index contributed by atoms with van der Waals surface area (Å²) in [5, 5.41) is 3.08. The van der Waals surface area contributed by atoms with E-state index in [-0.39, 0.29) is 5.75 Å². The molecule has 0 rings (SSSR count). The van der Waals surface area contributed by atoms with Gasteiger partial charge in [-0.05, 0) is 32.0 Å². The Bertz CT molecular complexity index is 205. The van der Waals surface area contributed by atoms with E-state index in [2.05, 4.69) is 16.3 Å². The highest BCUT2D eigenvalue weighted by Crippen LogP contribution is 1.92. The van der Waals surface area contributed by atoms with Crippen molar-refractivity contribution < 1.29 is 8.42 Å². The van der Waals surface area contributed by atoms with Crippen molar-refractivity contribution >= 4 is 21.8 Å². The maximum atomic E-state index is 10.9. The number of rotatable bonds is 8. The van der Waals surface area contributed by atoms with E-state index in [4.69, 9.17) is 0 Å². The van der Waals surface area contributed by atoms with E-state index in [9.17, 15) is 8.42 Å². The molecule has 0 bridgehead atoms. The first-order chi connectivity index (χ1) is 6.12. The monoisotopic (exact) mass is 226 g/mol. The zero-order valence-corrected chi connectivity index (χ0v) is 9.80. The van der Waals surface area contributed by atoms with Gasteiger partial charge in [-0.2, -0.15) is 11.8 Å². The minimum absolute atomic E-state index is 0.156. The summed E-state index contributed by atoms with van der Waals surface area (Å²) in [6.45, 7) is 1.41. The number of hydrogen-bond acceptors (Lipinski definition) is 4. The van der Waals surface area contributed by atoms with Crippen molar-refractivity contribution in [3.63, 3.8) is 0 Å². The molecule has 0 aromatic carbocycles. The van der Waals surface area contributed by atoms with Crippen molar-refractivity contribution in [3.05, 3.63) is 0 Å². The molecule has 0 amide bonds. The fourth-order valence-corrected chi connectivity index (χ4v) is 1.83. The quantitative estimate of drug-likeness (QED) is 0.567. The molecule has 2 N–H and O–H groups in total. The molecular formula is C7H18N2O2S2. The minimum atomic E-state index is -3.03. The molecule has 0 aliphatic rings. The molecule has 6 heteroatoms. The van der Waals surface area contributed by atoms with Gasteiger partial charge < -0.3 is 5.32 Å². The molecule has 80 valence electrons. The largest absolute Gasteiger partial charge is 0.316 e. The van der Waals surface area contributed by atoms with Gasteiger partial charge in [0.05, 0.1) is 5.75 Å². The third-order valence-corrected chi connectivity index (χ3v) is 3.62. The Hall–Kier alpha value is 0.220. The Morgan fingerprint density at radius 2 is 2.00 bits per heavy atom. The van der Waals surface area contributed by atoms with Crippen molar-refractivity contribution in [3.8, 4) is 0 Å². The first kappa shape index (κ1) is 13.2. The predicted molar refractivity (Wildman–Crippen MR) is 58.7 cm³/mol. The average molecular weight is 226 g/mol. The fourth-order valence-electron chi connectivity index (χ4n) is 0.775. The highest BCUT2D eigenvalue weighted by molar-refractivity contribution is 7.98. The lowest BCUT2D eigenvalue weighted by molar-refractivity contribution is 0.583. The Morgan fingerprint density at radius 3 is 2.54 bits per heavy atom. The van der Waals surface area contributed by atoms with Crippen LogP contribution in [0.5, 0.6) is 0 Å². The second-order valence-electron chi connectivity index (χ2n) is 2.62. The van der Waals surface area contributed by atoms with Gasteiger partial charge in [-0.1, -0.05) is 0 Å². The molecule has 0 unspecified atom stereocenters. The van der Waals surface area contributed by atoms with E-state index in [0.29, 0.717) is 6.54 Å². The standard InChI is InChI=1S/C7H18N2O2S2/c1-8-13(10,11)7-5-9-4-3-6-12-2/h8-9H,3-7H2,1-2H3.